The first-order valence-corrected chi connectivity index (χ1v) is 4.38. The van der Waals surface area contributed by atoms with Crippen molar-refractivity contribution in [2.45, 2.75) is 18.9 Å². The third-order valence-corrected chi connectivity index (χ3v) is 2.15. The summed E-state index contributed by atoms with van der Waals surface area (Å²) in [6.45, 7) is 0.182. The summed E-state index contributed by atoms with van der Waals surface area (Å²) in [6, 6.07) is -0.251. The number of aliphatic carboxylic acids is 1. The molecule has 80 valence electrons. The van der Waals surface area contributed by atoms with E-state index in [-0.39, 0.29) is 12.6 Å². The second-order valence-corrected chi connectivity index (χ2v) is 3.16. The van der Waals surface area contributed by atoms with Crippen molar-refractivity contribution in [2.75, 3.05) is 19.8 Å². The molecule has 1 atom stereocenters. The quantitative estimate of drug-likeness (QED) is 0.624. The smallest absolute Gasteiger partial charge is 0.329 e. The first-order chi connectivity index (χ1) is 6.61. The zero-order valence-corrected chi connectivity index (χ0v) is 7.64. The molecule has 6 nitrogen and oxygen atoms in total. The van der Waals surface area contributed by atoms with Crippen LogP contribution in [0.25, 0.3) is 0 Å². The third-order valence-electron chi connectivity index (χ3n) is 2.15. The predicted octanol–water partition coefficient (Wildman–Crippen LogP) is -1.10. The van der Waals surface area contributed by atoms with Crippen molar-refractivity contribution in [3.05, 3.63) is 0 Å². The lowest BCUT2D eigenvalue weighted by molar-refractivity contribution is -0.267. The van der Waals surface area contributed by atoms with Crippen LogP contribution in [0.3, 0.4) is 0 Å². The Morgan fingerprint density at radius 1 is 1.57 bits per heavy atom. The molecule has 1 unspecified atom stereocenters. The summed E-state index contributed by atoms with van der Waals surface area (Å²) >= 11 is 0. The number of nitrogens with zero attached hydrogens (tertiary/aromatic N) is 1. The summed E-state index contributed by atoms with van der Waals surface area (Å²) in [5.74, 6) is -1.05. The van der Waals surface area contributed by atoms with E-state index in [0.717, 1.165) is 6.42 Å². The molecule has 0 saturated carbocycles. The Kier molecular flexibility index (Phi) is 3.70. The first kappa shape index (κ1) is 10.8. The zero-order chi connectivity index (χ0) is 10.6. The van der Waals surface area contributed by atoms with Gasteiger partial charge in [0.1, 0.15) is 12.7 Å². The van der Waals surface area contributed by atoms with E-state index in [2.05, 4.69) is 0 Å². The molecule has 1 heterocycles. The summed E-state index contributed by atoms with van der Waals surface area (Å²) in [7, 11) is 0. The molecule has 0 aliphatic carbocycles. The van der Waals surface area contributed by atoms with Crippen molar-refractivity contribution in [3.63, 3.8) is 0 Å². The predicted molar refractivity (Wildman–Crippen MR) is 43.6 cm³/mol. The maximum absolute atomic E-state index is 10.6. The number of carbonyl (C=O) groups is 2. The zero-order valence-electron chi connectivity index (χ0n) is 7.64. The van der Waals surface area contributed by atoms with E-state index in [4.69, 9.17) is 9.84 Å². The molecule has 1 N–H and O–H groups in total. The number of carboxylic acids is 1. The van der Waals surface area contributed by atoms with Gasteiger partial charge in [0.25, 0.3) is 0 Å². The van der Waals surface area contributed by atoms with Crippen molar-refractivity contribution in [2.24, 2.45) is 0 Å². The second-order valence-electron chi connectivity index (χ2n) is 3.16. The highest BCUT2D eigenvalue weighted by Gasteiger charge is 2.24. The molecule has 0 spiro atoms. The highest BCUT2D eigenvalue weighted by Crippen LogP contribution is 2.16. The van der Waals surface area contributed by atoms with Crippen LogP contribution in [-0.4, -0.2) is 47.9 Å². The van der Waals surface area contributed by atoms with Crippen LogP contribution in [-0.2, 0) is 9.53 Å². The maximum atomic E-state index is 10.6. The Labute approximate surface area is 81.1 Å². The Morgan fingerprint density at radius 3 is 2.86 bits per heavy atom. The van der Waals surface area contributed by atoms with E-state index in [1.54, 1.807) is 0 Å². The number of amides is 1. The molecule has 1 fully saturated rings. The molecule has 14 heavy (non-hydrogen) atoms. The molecule has 1 rings (SSSR count). The number of hydrogen-bond acceptors (Lipinski definition) is 4. The molecule has 0 aromatic rings. The number of ether oxygens (including phenoxy) is 1. The van der Waals surface area contributed by atoms with Gasteiger partial charge in [-0.1, -0.05) is 0 Å². The first-order valence-electron chi connectivity index (χ1n) is 4.38. The fraction of sp³-hybridized carbons (Fsp3) is 0.750. The lowest BCUT2D eigenvalue weighted by Gasteiger charge is -2.26. The van der Waals surface area contributed by atoms with Gasteiger partial charge in [-0.05, 0) is 12.8 Å². The van der Waals surface area contributed by atoms with E-state index in [9.17, 15) is 14.7 Å². The molecule has 6 heteroatoms. The number of likely N-dealkylation sites (tertiary alicyclic amines) is 1. The van der Waals surface area contributed by atoms with Gasteiger partial charge in [-0.2, -0.15) is 0 Å². The van der Waals surface area contributed by atoms with Gasteiger partial charge in [-0.25, -0.2) is 4.79 Å². The maximum Gasteiger partial charge on any atom is 0.329 e. The highest BCUT2D eigenvalue weighted by molar-refractivity contribution is 5.68. The Morgan fingerprint density at radius 2 is 2.29 bits per heavy atom. The standard InChI is InChI=1S/C8H13NO5/c10-7(11)5-14-4-6-2-1-3-9(6)8(12)13/h6H,1-5H2,(H,10,11)(H,12,13)/p-1. The summed E-state index contributed by atoms with van der Waals surface area (Å²) in [5, 5.41) is 18.8. The lowest BCUT2D eigenvalue weighted by atomic mass is 10.2. The molecule has 0 aromatic heterocycles. The Bertz CT molecular complexity index is 230. The number of carboxylic acid groups (broad SMARTS) is 2. The van der Waals surface area contributed by atoms with Crippen LogP contribution in [0, 0.1) is 0 Å². The highest BCUT2D eigenvalue weighted by atomic mass is 16.5. The van der Waals surface area contributed by atoms with Crippen LogP contribution in [0.15, 0.2) is 0 Å². The number of rotatable bonds is 4. The van der Waals surface area contributed by atoms with Crippen LogP contribution < -0.4 is 5.11 Å². The average molecular weight is 202 g/mol. The molecule has 0 bridgehead atoms. The molecule has 0 aromatic carbocycles. The van der Waals surface area contributed by atoms with Crippen LogP contribution in [0.4, 0.5) is 4.79 Å². The van der Waals surface area contributed by atoms with Crippen molar-refractivity contribution >= 4 is 12.1 Å². The topological polar surface area (TPSA) is 89.9 Å². The molecular formula is C8H12NO5-. The fourth-order valence-corrected chi connectivity index (χ4v) is 1.53. The molecule has 1 aliphatic rings. The van der Waals surface area contributed by atoms with Crippen molar-refractivity contribution in [3.8, 4) is 0 Å². The summed E-state index contributed by atoms with van der Waals surface area (Å²) in [6.07, 6.45) is 0.259. The van der Waals surface area contributed by atoms with E-state index < -0.39 is 18.7 Å². The van der Waals surface area contributed by atoms with Gasteiger partial charge >= 0.3 is 5.97 Å². The van der Waals surface area contributed by atoms with Gasteiger partial charge < -0.3 is 24.6 Å². The van der Waals surface area contributed by atoms with E-state index in [1.165, 1.54) is 4.90 Å². The minimum atomic E-state index is -1.22. The van der Waals surface area contributed by atoms with Gasteiger partial charge in [0.05, 0.1) is 12.6 Å². The Balaban J connectivity index is 2.29. The van der Waals surface area contributed by atoms with Crippen molar-refractivity contribution in [1.29, 1.82) is 0 Å². The van der Waals surface area contributed by atoms with Gasteiger partial charge in [-0.3, -0.25) is 0 Å². The molecular weight excluding hydrogens is 190 g/mol. The second kappa shape index (κ2) is 4.80. The Hall–Kier alpha value is -1.30. The normalized spacial score (nSPS) is 21.1. The molecule has 1 aliphatic heterocycles. The molecule has 1 amide bonds. The van der Waals surface area contributed by atoms with Crippen molar-refractivity contribution < 1.29 is 24.5 Å². The van der Waals surface area contributed by atoms with Crippen LogP contribution in [0.5, 0.6) is 0 Å². The monoisotopic (exact) mass is 202 g/mol. The molecule has 1 saturated heterocycles. The third kappa shape index (κ3) is 2.88. The largest absolute Gasteiger partial charge is 0.530 e. The SMILES string of the molecule is O=C(O)COCC1CCCN1C(=O)[O-]. The van der Waals surface area contributed by atoms with E-state index in [0.29, 0.717) is 13.0 Å². The number of hydrogen-bond donors (Lipinski definition) is 1. The number of carbonyl (C=O) groups excluding carboxylic acids is 1. The van der Waals surface area contributed by atoms with Gasteiger partial charge in [-0.15, -0.1) is 0 Å². The van der Waals surface area contributed by atoms with E-state index in [1.807, 2.05) is 0 Å². The van der Waals surface area contributed by atoms with Crippen LogP contribution in [0.2, 0.25) is 0 Å². The van der Waals surface area contributed by atoms with Crippen LogP contribution in [0.1, 0.15) is 12.8 Å². The van der Waals surface area contributed by atoms with Crippen molar-refractivity contribution in [1.82, 2.24) is 4.90 Å². The van der Waals surface area contributed by atoms with Gasteiger partial charge in [0.2, 0.25) is 0 Å². The average Bonchev–Trinajstić information content (AvgIpc) is 2.51. The van der Waals surface area contributed by atoms with Crippen LogP contribution >= 0.6 is 0 Å². The molecule has 0 radical (unpaired) electrons. The lowest BCUT2D eigenvalue weighted by Crippen LogP contribution is -2.45. The van der Waals surface area contributed by atoms with Gasteiger partial charge in [0, 0.05) is 6.54 Å². The minimum Gasteiger partial charge on any atom is -0.530 e. The summed E-state index contributed by atoms with van der Waals surface area (Å²) in [4.78, 5) is 21.9. The summed E-state index contributed by atoms with van der Waals surface area (Å²) < 4.78 is 4.83. The minimum absolute atomic E-state index is 0.125. The fourth-order valence-electron chi connectivity index (χ4n) is 1.53. The summed E-state index contributed by atoms with van der Waals surface area (Å²) in [5.41, 5.74) is 0. The van der Waals surface area contributed by atoms with E-state index >= 15 is 0 Å². The van der Waals surface area contributed by atoms with Gasteiger partial charge in [0.15, 0.2) is 0 Å².